The highest BCUT2D eigenvalue weighted by Gasteiger charge is 2.17. The molecule has 0 radical (unpaired) electrons. The molecule has 0 unspecified atom stereocenters. The normalized spacial score (nSPS) is 12.2. The molecule has 6 nitrogen and oxygen atoms in total. The molecule has 9 heteroatoms. The molecular formula is C16H14Cl2N4O2S. The molecule has 25 heavy (non-hydrogen) atoms. The Morgan fingerprint density at radius 1 is 1.36 bits per heavy atom. The number of fused-ring (bicyclic) bond motifs is 1. The molecule has 2 N–H and O–H groups in total. The number of carbonyl (C=O) groups is 1. The maximum Gasteiger partial charge on any atom is 0.237 e. The van der Waals surface area contributed by atoms with E-state index >= 15 is 0 Å². The Kier molecular flexibility index (Phi) is 5.36. The average molecular weight is 397 g/mol. The highest BCUT2D eigenvalue weighted by atomic mass is 35.5. The number of hydrogen-bond donors (Lipinski definition) is 2. The third-order valence-corrected chi connectivity index (χ3v) is 4.85. The first-order valence-electron chi connectivity index (χ1n) is 7.28. The van der Waals surface area contributed by atoms with Gasteiger partial charge < -0.3 is 15.0 Å². The minimum atomic E-state index is -0.378. The quantitative estimate of drug-likeness (QED) is 0.624. The lowest BCUT2D eigenvalue weighted by Crippen LogP contribution is -2.22. The molecule has 2 heterocycles. The monoisotopic (exact) mass is 396 g/mol. The summed E-state index contributed by atoms with van der Waals surface area (Å²) in [6.07, 6.45) is 1.53. The first-order chi connectivity index (χ1) is 12.0. The van der Waals surface area contributed by atoms with Crippen LogP contribution in [0.3, 0.4) is 0 Å². The number of nitrogens with one attached hydrogen (secondary N) is 2. The lowest BCUT2D eigenvalue weighted by Gasteiger charge is -2.11. The fourth-order valence-corrected chi connectivity index (χ4v) is 3.34. The predicted molar refractivity (Wildman–Crippen MR) is 101 cm³/mol. The van der Waals surface area contributed by atoms with Gasteiger partial charge in [0.1, 0.15) is 5.75 Å². The number of pyridine rings is 1. The van der Waals surface area contributed by atoms with Crippen LogP contribution in [-0.4, -0.2) is 33.2 Å². The van der Waals surface area contributed by atoms with E-state index in [1.807, 2.05) is 0 Å². The second kappa shape index (κ2) is 7.51. The molecular weight excluding hydrogens is 383 g/mol. The highest BCUT2D eigenvalue weighted by Crippen LogP contribution is 2.28. The zero-order chi connectivity index (χ0) is 18.0. The number of thioether (sulfide) groups is 1. The Hall–Kier alpha value is -1.96. The maximum atomic E-state index is 12.4. The van der Waals surface area contributed by atoms with Gasteiger partial charge in [-0.1, -0.05) is 35.0 Å². The molecule has 0 aliphatic heterocycles. The summed E-state index contributed by atoms with van der Waals surface area (Å²) in [7, 11) is 1.54. The molecule has 1 amide bonds. The number of rotatable bonds is 5. The molecule has 0 spiro atoms. The van der Waals surface area contributed by atoms with E-state index in [0.29, 0.717) is 32.3 Å². The Balaban J connectivity index is 1.68. The van der Waals surface area contributed by atoms with Crippen LogP contribution in [0.1, 0.15) is 6.92 Å². The molecule has 1 atom stereocenters. The smallest absolute Gasteiger partial charge is 0.237 e. The highest BCUT2D eigenvalue weighted by molar-refractivity contribution is 8.00. The summed E-state index contributed by atoms with van der Waals surface area (Å²) in [5, 5.41) is 3.99. The third-order valence-electron chi connectivity index (χ3n) is 3.36. The van der Waals surface area contributed by atoms with Crippen LogP contribution in [0.25, 0.3) is 11.2 Å². The van der Waals surface area contributed by atoms with Gasteiger partial charge in [0.15, 0.2) is 10.8 Å². The van der Waals surface area contributed by atoms with Crippen molar-refractivity contribution in [1.29, 1.82) is 0 Å². The number of anilines is 1. The first-order valence-corrected chi connectivity index (χ1v) is 8.92. The summed E-state index contributed by atoms with van der Waals surface area (Å²) >= 11 is 13.3. The van der Waals surface area contributed by atoms with E-state index < -0.39 is 0 Å². The number of ether oxygens (including phenoxy) is 1. The zero-order valence-electron chi connectivity index (χ0n) is 13.3. The summed E-state index contributed by atoms with van der Waals surface area (Å²) in [4.78, 5) is 23.9. The van der Waals surface area contributed by atoms with Gasteiger partial charge in [0.25, 0.3) is 0 Å². The molecule has 0 saturated carbocycles. The van der Waals surface area contributed by atoms with Gasteiger partial charge >= 0.3 is 0 Å². The standard InChI is InChI=1S/C16H14Cl2N4O2S/c1-8(15(23)20-10-3-4-13(24-2)11(18)6-10)25-16-21-12-5-9(17)7-19-14(12)22-16/h3-8H,1-2H3,(H,20,23)(H,19,21,22)/t8-/m1/s1. The van der Waals surface area contributed by atoms with E-state index in [-0.39, 0.29) is 11.2 Å². The van der Waals surface area contributed by atoms with Crippen molar-refractivity contribution in [2.24, 2.45) is 0 Å². The Morgan fingerprint density at radius 3 is 2.88 bits per heavy atom. The fraction of sp³-hybridized carbons (Fsp3) is 0.188. The Bertz CT molecular complexity index is 932. The number of nitrogens with zero attached hydrogens (tertiary/aromatic N) is 2. The van der Waals surface area contributed by atoms with Crippen molar-refractivity contribution in [2.75, 3.05) is 12.4 Å². The number of benzene rings is 1. The Labute approximate surface area is 158 Å². The second-order valence-electron chi connectivity index (χ2n) is 5.17. The van der Waals surface area contributed by atoms with Crippen molar-refractivity contribution in [3.05, 3.63) is 40.5 Å². The van der Waals surface area contributed by atoms with Crippen molar-refractivity contribution in [3.63, 3.8) is 0 Å². The molecule has 130 valence electrons. The van der Waals surface area contributed by atoms with Gasteiger partial charge in [0.2, 0.25) is 5.91 Å². The molecule has 0 saturated heterocycles. The molecule has 2 aromatic heterocycles. The number of imidazole rings is 1. The van der Waals surface area contributed by atoms with Crippen molar-refractivity contribution in [2.45, 2.75) is 17.3 Å². The van der Waals surface area contributed by atoms with Gasteiger partial charge in [-0.05, 0) is 31.2 Å². The van der Waals surface area contributed by atoms with Crippen molar-refractivity contribution < 1.29 is 9.53 Å². The van der Waals surface area contributed by atoms with Crippen LogP contribution < -0.4 is 10.1 Å². The number of carbonyl (C=O) groups excluding carboxylic acids is 1. The number of methoxy groups -OCH3 is 1. The zero-order valence-corrected chi connectivity index (χ0v) is 15.7. The van der Waals surface area contributed by atoms with Crippen LogP contribution >= 0.6 is 35.0 Å². The molecule has 3 rings (SSSR count). The average Bonchev–Trinajstić information content (AvgIpc) is 2.96. The summed E-state index contributed by atoms with van der Waals surface area (Å²) in [5.74, 6) is 0.383. The van der Waals surface area contributed by atoms with E-state index in [4.69, 9.17) is 27.9 Å². The van der Waals surface area contributed by atoms with Crippen LogP contribution in [0.2, 0.25) is 10.0 Å². The van der Waals surface area contributed by atoms with Crippen LogP contribution in [0.4, 0.5) is 5.69 Å². The number of halogens is 2. The van der Waals surface area contributed by atoms with Gasteiger partial charge in [0, 0.05) is 11.9 Å². The SMILES string of the molecule is COc1ccc(NC(=O)[C@@H](C)Sc2nc3ncc(Cl)cc3[nH]2)cc1Cl. The van der Waals surface area contributed by atoms with E-state index in [1.165, 1.54) is 25.1 Å². The van der Waals surface area contributed by atoms with Gasteiger partial charge in [-0.25, -0.2) is 9.97 Å². The summed E-state index contributed by atoms with van der Waals surface area (Å²) < 4.78 is 5.09. The van der Waals surface area contributed by atoms with Gasteiger partial charge in [-0.2, -0.15) is 0 Å². The third kappa shape index (κ3) is 4.18. The van der Waals surface area contributed by atoms with E-state index in [0.717, 1.165) is 5.52 Å². The molecule has 0 bridgehead atoms. The summed E-state index contributed by atoms with van der Waals surface area (Å²) in [6, 6.07) is 6.81. The minimum absolute atomic E-state index is 0.169. The van der Waals surface area contributed by atoms with Crippen LogP contribution in [-0.2, 0) is 4.79 Å². The van der Waals surface area contributed by atoms with Gasteiger partial charge in [-0.3, -0.25) is 4.79 Å². The summed E-state index contributed by atoms with van der Waals surface area (Å²) in [6.45, 7) is 1.79. The van der Waals surface area contributed by atoms with E-state index in [9.17, 15) is 4.79 Å². The number of H-pyrrole nitrogens is 1. The van der Waals surface area contributed by atoms with E-state index in [2.05, 4.69) is 20.3 Å². The van der Waals surface area contributed by atoms with Crippen LogP contribution in [0.5, 0.6) is 5.75 Å². The Morgan fingerprint density at radius 2 is 2.16 bits per heavy atom. The molecule has 0 fully saturated rings. The first kappa shape index (κ1) is 17.8. The lowest BCUT2D eigenvalue weighted by molar-refractivity contribution is -0.115. The number of aromatic amines is 1. The second-order valence-corrected chi connectivity index (χ2v) is 7.34. The van der Waals surface area contributed by atoms with Crippen LogP contribution in [0, 0.1) is 0 Å². The van der Waals surface area contributed by atoms with Crippen LogP contribution in [0.15, 0.2) is 35.6 Å². The molecule has 1 aromatic carbocycles. The van der Waals surface area contributed by atoms with Gasteiger partial charge in [0.05, 0.1) is 27.9 Å². The minimum Gasteiger partial charge on any atom is -0.495 e. The van der Waals surface area contributed by atoms with Crippen molar-refractivity contribution >= 4 is 57.7 Å². The lowest BCUT2D eigenvalue weighted by atomic mass is 10.3. The van der Waals surface area contributed by atoms with Crippen molar-refractivity contribution in [1.82, 2.24) is 15.0 Å². The summed E-state index contributed by atoms with van der Waals surface area (Å²) in [5.41, 5.74) is 1.88. The molecule has 3 aromatic rings. The van der Waals surface area contributed by atoms with Gasteiger partial charge in [-0.15, -0.1) is 0 Å². The number of aromatic nitrogens is 3. The number of amides is 1. The fourth-order valence-electron chi connectivity index (χ4n) is 2.12. The number of hydrogen-bond acceptors (Lipinski definition) is 5. The predicted octanol–water partition coefficient (Wildman–Crippen LogP) is 4.39. The maximum absolute atomic E-state index is 12.4. The van der Waals surface area contributed by atoms with Crippen molar-refractivity contribution in [3.8, 4) is 5.75 Å². The topological polar surface area (TPSA) is 79.9 Å². The van der Waals surface area contributed by atoms with E-state index in [1.54, 1.807) is 31.2 Å². The molecule has 0 aliphatic rings. The molecule has 0 aliphatic carbocycles. The largest absolute Gasteiger partial charge is 0.495 e.